The molecule has 0 spiro atoms. The third-order valence-electron chi connectivity index (χ3n) is 2.61. The van der Waals surface area contributed by atoms with Gasteiger partial charge in [-0.05, 0) is 58.4 Å². The maximum absolute atomic E-state index is 12.1. The molecule has 20 heavy (non-hydrogen) atoms. The van der Waals surface area contributed by atoms with Gasteiger partial charge in [0, 0.05) is 21.3 Å². The first kappa shape index (κ1) is 15.0. The monoisotopic (exact) mass is 368 g/mol. The molecule has 0 heterocycles. The van der Waals surface area contributed by atoms with Crippen LogP contribution in [0.4, 0.5) is 5.69 Å². The number of nitrogens with one attached hydrogen (secondary N) is 1. The van der Waals surface area contributed by atoms with E-state index in [9.17, 15) is 4.79 Å². The smallest absolute Gasteiger partial charge is 0.255 e. The van der Waals surface area contributed by atoms with Crippen molar-refractivity contribution in [3.05, 3.63) is 63.1 Å². The number of carbonyl (C=O) groups is 1. The SMILES string of the molecule is NC(=S)c1ccc(NC(=O)c2ccc(Cl)c(Br)c2)cc1. The summed E-state index contributed by atoms with van der Waals surface area (Å²) >= 11 is 14.0. The molecule has 0 aromatic heterocycles. The van der Waals surface area contributed by atoms with Gasteiger partial charge in [0.25, 0.3) is 5.91 Å². The highest BCUT2D eigenvalue weighted by Crippen LogP contribution is 2.23. The van der Waals surface area contributed by atoms with Crippen LogP contribution in [0.2, 0.25) is 5.02 Å². The summed E-state index contributed by atoms with van der Waals surface area (Å²) in [4.78, 5) is 12.4. The molecule has 1 amide bonds. The minimum absolute atomic E-state index is 0.217. The third kappa shape index (κ3) is 3.56. The van der Waals surface area contributed by atoms with E-state index in [1.807, 2.05) is 0 Å². The van der Waals surface area contributed by atoms with Crippen LogP contribution >= 0.6 is 39.7 Å². The summed E-state index contributed by atoms with van der Waals surface area (Å²) in [5.41, 5.74) is 7.45. The average Bonchev–Trinajstić information content (AvgIpc) is 2.42. The molecular formula is C14H10BrClN2OS. The second-order valence-electron chi connectivity index (χ2n) is 4.02. The zero-order chi connectivity index (χ0) is 14.7. The Morgan fingerprint density at radius 1 is 1.15 bits per heavy atom. The molecule has 2 rings (SSSR count). The summed E-state index contributed by atoms with van der Waals surface area (Å²) in [6.07, 6.45) is 0. The minimum Gasteiger partial charge on any atom is -0.389 e. The number of hydrogen-bond donors (Lipinski definition) is 2. The Hall–Kier alpha value is -1.43. The van der Waals surface area contributed by atoms with Gasteiger partial charge in [0.15, 0.2) is 0 Å². The molecule has 0 saturated carbocycles. The molecule has 0 fully saturated rings. The number of halogens is 2. The normalized spacial score (nSPS) is 10.1. The lowest BCUT2D eigenvalue weighted by Gasteiger charge is -2.07. The Kier molecular flexibility index (Phi) is 4.75. The van der Waals surface area contributed by atoms with Gasteiger partial charge < -0.3 is 11.1 Å². The van der Waals surface area contributed by atoms with Crippen LogP contribution in [0.1, 0.15) is 15.9 Å². The minimum atomic E-state index is -0.217. The fourth-order valence-electron chi connectivity index (χ4n) is 1.56. The number of hydrogen-bond acceptors (Lipinski definition) is 2. The van der Waals surface area contributed by atoms with E-state index in [-0.39, 0.29) is 5.91 Å². The fourth-order valence-corrected chi connectivity index (χ4v) is 2.19. The Bertz CT molecular complexity index is 673. The molecular weight excluding hydrogens is 360 g/mol. The Morgan fingerprint density at radius 3 is 2.30 bits per heavy atom. The molecule has 0 atom stereocenters. The van der Waals surface area contributed by atoms with Gasteiger partial charge >= 0.3 is 0 Å². The summed E-state index contributed by atoms with van der Waals surface area (Å²) in [7, 11) is 0. The number of carbonyl (C=O) groups excluding carboxylic acids is 1. The molecule has 6 heteroatoms. The zero-order valence-corrected chi connectivity index (χ0v) is 13.3. The van der Waals surface area contributed by atoms with Crippen molar-refractivity contribution in [2.45, 2.75) is 0 Å². The number of amides is 1. The predicted molar refractivity (Wildman–Crippen MR) is 89.4 cm³/mol. The number of anilines is 1. The summed E-state index contributed by atoms with van der Waals surface area (Å²) in [6, 6.07) is 12.0. The Morgan fingerprint density at radius 2 is 1.75 bits per heavy atom. The first-order valence-corrected chi connectivity index (χ1v) is 7.21. The number of nitrogens with two attached hydrogens (primary N) is 1. The quantitative estimate of drug-likeness (QED) is 0.804. The lowest BCUT2D eigenvalue weighted by Crippen LogP contribution is -2.13. The number of thiocarbonyl (C=S) groups is 1. The molecule has 0 radical (unpaired) electrons. The van der Waals surface area contributed by atoms with Crippen molar-refractivity contribution in [2.75, 3.05) is 5.32 Å². The third-order valence-corrected chi connectivity index (χ3v) is 4.06. The standard InChI is InChI=1S/C14H10BrClN2OS/c15-11-7-9(3-6-12(11)16)14(19)18-10-4-1-8(2-5-10)13(17)20/h1-7H,(H2,17,20)(H,18,19). The van der Waals surface area contributed by atoms with Crippen LogP contribution in [0.3, 0.4) is 0 Å². The second-order valence-corrected chi connectivity index (χ2v) is 5.73. The topological polar surface area (TPSA) is 55.1 Å². The average molecular weight is 370 g/mol. The maximum Gasteiger partial charge on any atom is 0.255 e. The van der Waals surface area contributed by atoms with Crippen molar-refractivity contribution in [3.8, 4) is 0 Å². The fraction of sp³-hybridized carbons (Fsp3) is 0. The van der Waals surface area contributed by atoms with Crippen LogP contribution in [-0.2, 0) is 0 Å². The van der Waals surface area contributed by atoms with Gasteiger partial charge in [-0.25, -0.2) is 0 Å². The zero-order valence-electron chi connectivity index (χ0n) is 10.2. The Balaban J connectivity index is 2.14. The molecule has 0 aliphatic carbocycles. The van der Waals surface area contributed by atoms with Crippen molar-refractivity contribution >= 4 is 56.3 Å². The molecule has 0 bridgehead atoms. The van der Waals surface area contributed by atoms with Gasteiger partial charge in [0.2, 0.25) is 0 Å². The van der Waals surface area contributed by atoms with Crippen LogP contribution in [-0.4, -0.2) is 10.9 Å². The van der Waals surface area contributed by atoms with E-state index in [4.69, 9.17) is 29.6 Å². The molecule has 0 unspecified atom stereocenters. The van der Waals surface area contributed by atoms with E-state index in [0.717, 1.165) is 5.56 Å². The van der Waals surface area contributed by atoms with E-state index >= 15 is 0 Å². The van der Waals surface area contributed by atoms with E-state index in [0.29, 0.717) is 25.7 Å². The first-order valence-electron chi connectivity index (χ1n) is 5.63. The van der Waals surface area contributed by atoms with Crippen molar-refractivity contribution in [1.82, 2.24) is 0 Å². The number of rotatable bonds is 3. The highest BCUT2D eigenvalue weighted by Gasteiger charge is 2.08. The van der Waals surface area contributed by atoms with Crippen molar-refractivity contribution < 1.29 is 4.79 Å². The van der Waals surface area contributed by atoms with E-state index in [2.05, 4.69) is 21.2 Å². The second kappa shape index (κ2) is 6.35. The summed E-state index contributed by atoms with van der Waals surface area (Å²) in [5, 5.41) is 3.34. The highest BCUT2D eigenvalue weighted by atomic mass is 79.9. The van der Waals surface area contributed by atoms with Crippen LogP contribution in [0.15, 0.2) is 46.9 Å². The summed E-state index contributed by atoms with van der Waals surface area (Å²) in [6.45, 7) is 0. The lowest BCUT2D eigenvalue weighted by molar-refractivity contribution is 0.102. The lowest BCUT2D eigenvalue weighted by atomic mass is 10.2. The summed E-state index contributed by atoms with van der Waals surface area (Å²) < 4.78 is 0.677. The molecule has 3 nitrogen and oxygen atoms in total. The van der Waals surface area contributed by atoms with Gasteiger partial charge in [-0.3, -0.25) is 4.79 Å². The van der Waals surface area contributed by atoms with E-state index in [1.54, 1.807) is 42.5 Å². The predicted octanol–water partition coefficient (Wildman–Crippen LogP) is 3.99. The molecule has 0 aliphatic heterocycles. The van der Waals surface area contributed by atoms with Gasteiger partial charge in [0.05, 0.1) is 5.02 Å². The molecule has 2 aromatic carbocycles. The van der Waals surface area contributed by atoms with Gasteiger partial charge in [-0.2, -0.15) is 0 Å². The maximum atomic E-state index is 12.1. The van der Waals surface area contributed by atoms with Crippen LogP contribution in [0.5, 0.6) is 0 Å². The Labute approximate surface area is 135 Å². The first-order chi connectivity index (χ1) is 9.47. The molecule has 0 aliphatic rings. The van der Waals surface area contributed by atoms with Crippen molar-refractivity contribution in [2.24, 2.45) is 5.73 Å². The van der Waals surface area contributed by atoms with Gasteiger partial charge in [0.1, 0.15) is 4.99 Å². The summed E-state index contributed by atoms with van der Waals surface area (Å²) in [5.74, 6) is -0.217. The van der Waals surface area contributed by atoms with Crippen molar-refractivity contribution in [3.63, 3.8) is 0 Å². The number of benzene rings is 2. The van der Waals surface area contributed by atoms with E-state index in [1.165, 1.54) is 0 Å². The molecule has 3 N–H and O–H groups in total. The van der Waals surface area contributed by atoms with Crippen LogP contribution in [0, 0.1) is 0 Å². The highest BCUT2D eigenvalue weighted by molar-refractivity contribution is 9.10. The molecule has 0 saturated heterocycles. The molecule has 102 valence electrons. The van der Waals surface area contributed by atoms with Crippen LogP contribution in [0.25, 0.3) is 0 Å². The van der Waals surface area contributed by atoms with Gasteiger partial charge in [-0.15, -0.1) is 0 Å². The van der Waals surface area contributed by atoms with Crippen LogP contribution < -0.4 is 11.1 Å². The molecule has 2 aromatic rings. The van der Waals surface area contributed by atoms with Crippen molar-refractivity contribution in [1.29, 1.82) is 0 Å². The van der Waals surface area contributed by atoms with Gasteiger partial charge in [-0.1, -0.05) is 23.8 Å². The largest absolute Gasteiger partial charge is 0.389 e. The van der Waals surface area contributed by atoms with E-state index < -0.39 is 0 Å².